The quantitative estimate of drug-likeness (QED) is 0.0326. The zero-order chi connectivity index (χ0) is 37.3. The van der Waals surface area contributed by atoms with E-state index in [0.29, 0.717) is 13.0 Å². The van der Waals surface area contributed by atoms with Gasteiger partial charge in [0, 0.05) is 20.1 Å². The lowest BCUT2D eigenvalue weighted by Gasteiger charge is -2.44. The first kappa shape index (κ1) is 47.2. The van der Waals surface area contributed by atoms with Crippen LogP contribution in [0.15, 0.2) is 12.2 Å². The number of allylic oxidation sites excluding steroid dienone is 2. The van der Waals surface area contributed by atoms with Gasteiger partial charge in [-0.2, -0.15) is 0 Å². The monoisotopic (exact) mass is 729 g/mol. The predicted octanol–water partition coefficient (Wildman–Crippen LogP) is 10.2. The molecule has 0 bridgehead atoms. The number of methoxy groups -OCH3 is 1. The molecular weight excluding hydrogens is 649 g/mol. The van der Waals surface area contributed by atoms with Crippen LogP contribution in [0.1, 0.15) is 169 Å². The molecule has 1 fully saturated rings. The Balaban J connectivity index is 2.58. The number of carbonyl (C=O) groups is 1. The van der Waals surface area contributed by atoms with Crippen molar-refractivity contribution in [2.75, 3.05) is 20.3 Å². The molecule has 0 aromatic rings. The van der Waals surface area contributed by atoms with Crippen LogP contribution in [0.5, 0.6) is 0 Å². The van der Waals surface area contributed by atoms with Crippen LogP contribution in [0.2, 0.25) is 18.1 Å². The minimum absolute atomic E-state index is 0.0184. The van der Waals surface area contributed by atoms with Gasteiger partial charge in [0.1, 0.15) is 18.3 Å². The van der Waals surface area contributed by atoms with Crippen molar-refractivity contribution in [2.24, 2.45) is 0 Å². The summed E-state index contributed by atoms with van der Waals surface area (Å²) >= 11 is 0. The summed E-state index contributed by atoms with van der Waals surface area (Å²) in [6, 6.07) is 0. The van der Waals surface area contributed by atoms with Crippen LogP contribution in [0.3, 0.4) is 0 Å². The van der Waals surface area contributed by atoms with E-state index in [2.05, 4.69) is 59.9 Å². The summed E-state index contributed by atoms with van der Waals surface area (Å²) in [7, 11) is -0.412. The molecule has 1 aliphatic rings. The van der Waals surface area contributed by atoms with Crippen LogP contribution in [0, 0.1) is 0 Å². The molecule has 8 nitrogen and oxygen atoms in total. The average Bonchev–Trinajstić information content (AvgIpc) is 3.07. The van der Waals surface area contributed by atoms with E-state index in [9.17, 15) is 15.0 Å². The standard InChI is InChI=1S/C41H80O8Si/c1-9-11-13-15-16-17-18-19-20-21-22-23-24-26-28-30-36(42)49-39-38(46-32-31-34(45-6)29-27-25-14-12-10-2)37(43)35(48-40(39)44)33-47-50(7,8)41(3,4)5/h17-18,34-35,37-40,43-44H,9-16,19-33H2,1-8H3/b18-17-/t34-,35-,37-,38+,39-,40+/m1/s1. The maximum absolute atomic E-state index is 12.9. The van der Waals surface area contributed by atoms with Gasteiger partial charge in [-0.1, -0.05) is 130 Å². The molecule has 1 saturated heterocycles. The van der Waals surface area contributed by atoms with E-state index in [1.165, 1.54) is 89.9 Å². The van der Waals surface area contributed by atoms with Gasteiger partial charge in [-0.05, 0) is 63.1 Å². The number of ether oxygens (including phenoxy) is 4. The average molecular weight is 729 g/mol. The smallest absolute Gasteiger partial charge is 0.306 e. The van der Waals surface area contributed by atoms with Crippen LogP contribution in [0.4, 0.5) is 0 Å². The molecule has 6 atom stereocenters. The normalized spacial score (nSPS) is 22.3. The molecule has 0 saturated carbocycles. The van der Waals surface area contributed by atoms with E-state index in [4.69, 9.17) is 23.4 Å². The van der Waals surface area contributed by atoms with Gasteiger partial charge < -0.3 is 33.6 Å². The minimum Gasteiger partial charge on any atom is -0.454 e. The molecule has 0 unspecified atom stereocenters. The van der Waals surface area contributed by atoms with Crippen molar-refractivity contribution in [3.8, 4) is 0 Å². The first-order valence-electron chi connectivity index (χ1n) is 20.5. The summed E-state index contributed by atoms with van der Waals surface area (Å²) < 4.78 is 29.9. The van der Waals surface area contributed by atoms with E-state index in [1.54, 1.807) is 7.11 Å². The van der Waals surface area contributed by atoms with Gasteiger partial charge in [-0.3, -0.25) is 4.79 Å². The summed E-state index contributed by atoms with van der Waals surface area (Å²) in [5, 5.41) is 22.5. The highest BCUT2D eigenvalue weighted by atomic mass is 28.4. The van der Waals surface area contributed by atoms with E-state index < -0.39 is 45.0 Å². The number of carbonyl (C=O) groups excluding carboxylic acids is 1. The molecule has 2 N–H and O–H groups in total. The molecule has 0 aliphatic carbocycles. The molecule has 296 valence electrons. The number of rotatable bonds is 30. The summed E-state index contributed by atoms with van der Waals surface area (Å²) in [5.41, 5.74) is 0. The lowest BCUT2D eigenvalue weighted by Crippen LogP contribution is -2.61. The second-order valence-corrected chi connectivity index (χ2v) is 20.9. The lowest BCUT2D eigenvalue weighted by molar-refractivity contribution is -0.297. The number of aliphatic hydroxyl groups excluding tert-OH is 2. The fraction of sp³-hybridized carbons (Fsp3) is 0.927. The summed E-state index contributed by atoms with van der Waals surface area (Å²) in [4.78, 5) is 12.9. The molecule has 50 heavy (non-hydrogen) atoms. The largest absolute Gasteiger partial charge is 0.454 e. The van der Waals surface area contributed by atoms with Gasteiger partial charge in [-0.15, -0.1) is 0 Å². The Hall–Kier alpha value is -0.813. The maximum atomic E-state index is 12.9. The number of hydrogen-bond donors (Lipinski definition) is 2. The molecular formula is C41H80O8Si. The van der Waals surface area contributed by atoms with Gasteiger partial charge in [0.25, 0.3) is 0 Å². The van der Waals surface area contributed by atoms with Gasteiger partial charge in [0.15, 0.2) is 20.7 Å². The third-order valence-electron chi connectivity index (χ3n) is 10.7. The molecule has 1 heterocycles. The van der Waals surface area contributed by atoms with Crippen LogP contribution in [-0.4, -0.2) is 81.6 Å². The van der Waals surface area contributed by atoms with Crippen molar-refractivity contribution in [1.82, 2.24) is 0 Å². The summed E-state index contributed by atoms with van der Waals surface area (Å²) in [6.07, 6.45) is 22.5. The summed E-state index contributed by atoms with van der Waals surface area (Å²) in [5.74, 6) is -0.405. The maximum Gasteiger partial charge on any atom is 0.306 e. The van der Waals surface area contributed by atoms with Crippen LogP contribution >= 0.6 is 0 Å². The van der Waals surface area contributed by atoms with Crippen LogP contribution < -0.4 is 0 Å². The van der Waals surface area contributed by atoms with Crippen LogP contribution in [-0.2, 0) is 28.2 Å². The molecule has 0 radical (unpaired) electrons. The molecule has 0 aromatic heterocycles. The van der Waals surface area contributed by atoms with Gasteiger partial charge in [-0.25, -0.2) is 0 Å². The number of unbranched alkanes of at least 4 members (excludes halogenated alkanes) is 15. The number of hydrogen-bond acceptors (Lipinski definition) is 8. The van der Waals surface area contributed by atoms with Crippen molar-refractivity contribution in [3.63, 3.8) is 0 Å². The Kier molecular flexibility index (Phi) is 26.2. The Morgan fingerprint density at radius 3 is 1.90 bits per heavy atom. The van der Waals surface area contributed by atoms with Crippen molar-refractivity contribution in [2.45, 2.75) is 224 Å². The van der Waals surface area contributed by atoms with E-state index in [-0.39, 0.29) is 24.2 Å². The minimum atomic E-state index is -2.13. The molecule has 1 aliphatic heterocycles. The molecule has 0 amide bonds. The third kappa shape index (κ3) is 20.4. The Labute approximate surface area is 308 Å². The molecule has 0 spiro atoms. The second kappa shape index (κ2) is 27.7. The van der Waals surface area contributed by atoms with E-state index in [0.717, 1.165) is 32.1 Å². The van der Waals surface area contributed by atoms with Crippen molar-refractivity contribution >= 4 is 14.3 Å². The predicted molar refractivity (Wildman–Crippen MR) is 208 cm³/mol. The molecule has 1 rings (SSSR count). The Bertz CT molecular complexity index is 860. The number of aliphatic hydroxyl groups is 2. The highest BCUT2D eigenvalue weighted by molar-refractivity contribution is 6.74. The van der Waals surface area contributed by atoms with E-state index in [1.807, 2.05) is 0 Å². The second-order valence-electron chi connectivity index (χ2n) is 16.1. The third-order valence-corrected chi connectivity index (χ3v) is 15.2. The zero-order valence-electron chi connectivity index (χ0n) is 33.7. The SMILES string of the molecule is CCCCCC/C=C\CCCCCCCCCC(=O)O[C@@H]1[C@@H](OCC[C@@H](CCCCCCC)OC)[C@H](O)[C@@H](CO[Si](C)(C)C(C)(C)C)O[C@@H]1O. The first-order chi connectivity index (χ1) is 23.9. The molecule has 0 aromatic carbocycles. The highest BCUT2D eigenvalue weighted by Crippen LogP contribution is 2.37. The Morgan fingerprint density at radius 1 is 0.780 bits per heavy atom. The van der Waals surface area contributed by atoms with Gasteiger partial charge in [0.2, 0.25) is 0 Å². The fourth-order valence-electron chi connectivity index (χ4n) is 6.11. The van der Waals surface area contributed by atoms with Gasteiger partial charge >= 0.3 is 5.97 Å². The Morgan fingerprint density at radius 2 is 1.32 bits per heavy atom. The first-order valence-corrected chi connectivity index (χ1v) is 23.4. The fourth-order valence-corrected chi connectivity index (χ4v) is 7.12. The van der Waals surface area contributed by atoms with Gasteiger partial charge in [0.05, 0.1) is 12.7 Å². The van der Waals surface area contributed by atoms with Crippen molar-refractivity contribution in [1.29, 1.82) is 0 Å². The van der Waals surface area contributed by atoms with E-state index >= 15 is 0 Å². The van der Waals surface area contributed by atoms with Crippen LogP contribution in [0.25, 0.3) is 0 Å². The topological polar surface area (TPSA) is 104 Å². The summed E-state index contributed by atoms with van der Waals surface area (Å²) in [6.45, 7) is 15.6. The highest BCUT2D eigenvalue weighted by Gasteiger charge is 2.49. The molecule has 9 heteroatoms. The van der Waals surface area contributed by atoms with Crippen molar-refractivity contribution < 1.29 is 38.4 Å². The van der Waals surface area contributed by atoms with Crippen molar-refractivity contribution in [3.05, 3.63) is 12.2 Å². The zero-order valence-corrected chi connectivity index (χ0v) is 34.7. The number of esters is 1. The lowest BCUT2D eigenvalue weighted by atomic mass is 9.98.